The minimum Gasteiger partial charge on any atom is -0.368 e. The van der Waals surface area contributed by atoms with Crippen molar-refractivity contribution in [1.29, 1.82) is 0 Å². The third-order valence-electron chi connectivity index (χ3n) is 5.13. The monoisotopic (exact) mass is 397 g/mol. The predicted octanol–water partition coefficient (Wildman–Crippen LogP) is 3.39. The van der Waals surface area contributed by atoms with Crippen LogP contribution in [0.2, 0.25) is 0 Å². The van der Waals surface area contributed by atoms with Gasteiger partial charge in [-0.3, -0.25) is 9.20 Å². The Morgan fingerprint density at radius 3 is 2.67 bits per heavy atom. The van der Waals surface area contributed by atoms with Crippen LogP contribution in [-0.4, -0.2) is 24.3 Å². The number of nitrogen functional groups attached to an aromatic ring is 1. The molecule has 0 saturated heterocycles. The number of aromatic amines is 1. The third-order valence-corrected chi connectivity index (χ3v) is 5.13. The van der Waals surface area contributed by atoms with Crippen molar-refractivity contribution in [2.24, 2.45) is 0 Å². The van der Waals surface area contributed by atoms with Gasteiger partial charge < -0.3 is 16.0 Å². The fourth-order valence-electron chi connectivity index (χ4n) is 3.75. The van der Waals surface area contributed by atoms with Crippen LogP contribution >= 0.6 is 0 Å². The molecular weight excluding hydrogens is 378 g/mol. The van der Waals surface area contributed by atoms with Crippen molar-refractivity contribution >= 4 is 28.4 Å². The van der Waals surface area contributed by atoms with Crippen LogP contribution < -0.4 is 16.5 Å². The molecule has 30 heavy (non-hydrogen) atoms. The first kappa shape index (κ1) is 17.9. The molecular formula is C22H19N7O. The molecule has 0 fully saturated rings. The summed E-state index contributed by atoms with van der Waals surface area (Å²) in [5.41, 5.74) is 9.54. The summed E-state index contributed by atoms with van der Waals surface area (Å²) in [6, 6.07) is 15.2. The fraction of sp³-hybridized carbons (Fsp3) is 0.0909. The van der Waals surface area contributed by atoms with Gasteiger partial charge in [-0.05, 0) is 24.6 Å². The van der Waals surface area contributed by atoms with Crippen molar-refractivity contribution in [2.45, 2.75) is 13.0 Å². The van der Waals surface area contributed by atoms with Crippen molar-refractivity contribution in [3.63, 3.8) is 0 Å². The summed E-state index contributed by atoms with van der Waals surface area (Å²) in [6.07, 6.45) is 4.93. The van der Waals surface area contributed by atoms with Gasteiger partial charge in [-0.15, -0.1) is 0 Å². The second-order valence-electron chi connectivity index (χ2n) is 7.01. The topological polar surface area (TPSA) is 114 Å². The highest BCUT2D eigenvalue weighted by molar-refractivity contribution is 6.04. The predicted molar refractivity (Wildman–Crippen MR) is 117 cm³/mol. The molecule has 5 aromatic rings. The lowest BCUT2D eigenvalue weighted by Crippen LogP contribution is -2.11. The highest BCUT2D eigenvalue weighted by Gasteiger charge is 2.20. The normalized spacial score (nSPS) is 12.3. The third kappa shape index (κ3) is 2.86. The first-order valence-corrected chi connectivity index (χ1v) is 9.54. The highest BCUT2D eigenvalue weighted by Crippen LogP contribution is 2.33. The number of nitrogens with zero attached hydrogens (tertiary/aromatic N) is 4. The molecule has 8 heteroatoms. The number of aromatic nitrogens is 5. The number of rotatable bonds is 4. The maximum Gasteiger partial charge on any atom is 0.220 e. The number of H-pyrrole nitrogens is 1. The lowest BCUT2D eigenvalue weighted by atomic mass is 10.1. The molecule has 0 amide bonds. The Balaban J connectivity index is 1.78. The molecule has 0 aliphatic carbocycles. The van der Waals surface area contributed by atoms with Crippen molar-refractivity contribution in [3.05, 3.63) is 82.9 Å². The molecule has 5 rings (SSSR count). The summed E-state index contributed by atoms with van der Waals surface area (Å²) in [7, 11) is 0. The maximum atomic E-state index is 12.8. The smallest absolute Gasteiger partial charge is 0.220 e. The zero-order valence-corrected chi connectivity index (χ0v) is 16.2. The van der Waals surface area contributed by atoms with Gasteiger partial charge in [0.15, 0.2) is 5.43 Å². The van der Waals surface area contributed by atoms with Crippen molar-refractivity contribution in [3.8, 4) is 11.3 Å². The van der Waals surface area contributed by atoms with Crippen LogP contribution in [0.3, 0.4) is 0 Å². The van der Waals surface area contributed by atoms with Crippen LogP contribution in [0.1, 0.15) is 18.5 Å². The van der Waals surface area contributed by atoms with E-state index >= 15 is 0 Å². The zero-order valence-electron chi connectivity index (χ0n) is 16.2. The standard InChI is InChI=1S/C22H19N7O/c1-13(14-5-3-2-4-6-14)27-22-26-11-8-16-18(15-7-10-25-21(23)28-15)19-17(30)9-12-24-20(19)29(16)22/h2-13H,1H3,(H,24,30)(H,26,27)(H2,23,25,28)/t13-/m0/s1. The van der Waals surface area contributed by atoms with Gasteiger partial charge in [0.1, 0.15) is 5.65 Å². The Morgan fingerprint density at radius 1 is 1.07 bits per heavy atom. The second kappa shape index (κ2) is 7.00. The summed E-state index contributed by atoms with van der Waals surface area (Å²) in [4.78, 5) is 28.9. The SMILES string of the molecule is C[C@H](Nc1nccc2c(-c3ccnc(N)n3)c3c(=O)cc[nH]c3n12)c1ccccc1. The molecule has 4 aromatic heterocycles. The Bertz CT molecular complexity index is 1420. The van der Waals surface area contributed by atoms with Crippen molar-refractivity contribution in [1.82, 2.24) is 24.3 Å². The summed E-state index contributed by atoms with van der Waals surface area (Å²) in [5.74, 6) is 0.765. The minimum atomic E-state index is -0.110. The molecule has 0 unspecified atom stereocenters. The molecule has 0 bridgehead atoms. The average molecular weight is 397 g/mol. The summed E-state index contributed by atoms with van der Waals surface area (Å²) >= 11 is 0. The summed E-state index contributed by atoms with van der Waals surface area (Å²) in [6.45, 7) is 2.07. The number of pyridine rings is 1. The average Bonchev–Trinajstić information content (AvgIpc) is 3.11. The van der Waals surface area contributed by atoms with Gasteiger partial charge >= 0.3 is 0 Å². The van der Waals surface area contributed by atoms with Crippen LogP contribution in [0.25, 0.3) is 27.8 Å². The maximum absolute atomic E-state index is 12.8. The first-order valence-electron chi connectivity index (χ1n) is 9.54. The lowest BCUT2D eigenvalue weighted by molar-refractivity contribution is 0.855. The number of benzene rings is 1. The minimum absolute atomic E-state index is 0.00956. The van der Waals surface area contributed by atoms with Crippen LogP contribution in [-0.2, 0) is 0 Å². The van der Waals surface area contributed by atoms with E-state index in [2.05, 4.69) is 44.3 Å². The van der Waals surface area contributed by atoms with Gasteiger partial charge in [-0.25, -0.2) is 15.0 Å². The summed E-state index contributed by atoms with van der Waals surface area (Å²) in [5, 5.41) is 3.99. The van der Waals surface area contributed by atoms with E-state index in [0.717, 1.165) is 11.1 Å². The molecule has 0 saturated carbocycles. The number of nitrogens with two attached hydrogens (primary N) is 1. The molecule has 148 valence electrons. The Hall–Kier alpha value is -4.20. The first-order chi connectivity index (χ1) is 14.6. The molecule has 0 aliphatic heterocycles. The van der Waals surface area contributed by atoms with E-state index in [9.17, 15) is 4.79 Å². The summed E-state index contributed by atoms with van der Waals surface area (Å²) < 4.78 is 1.91. The molecule has 1 aromatic carbocycles. The fourth-order valence-corrected chi connectivity index (χ4v) is 3.75. The number of nitrogens with one attached hydrogen (secondary N) is 2. The quantitative estimate of drug-likeness (QED) is 0.428. The van der Waals surface area contributed by atoms with Gasteiger partial charge in [0.2, 0.25) is 11.9 Å². The van der Waals surface area contributed by atoms with Crippen LogP contribution in [0.4, 0.5) is 11.9 Å². The molecule has 4 N–H and O–H groups in total. The molecule has 0 radical (unpaired) electrons. The lowest BCUT2D eigenvalue weighted by Gasteiger charge is -2.16. The zero-order chi connectivity index (χ0) is 20.7. The molecule has 0 spiro atoms. The van der Waals surface area contributed by atoms with Crippen LogP contribution in [0.15, 0.2) is 71.9 Å². The van der Waals surface area contributed by atoms with Crippen molar-refractivity contribution in [2.75, 3.05) is 11.1 Å². The number of hydrogen-bond acceptors (Lipinski definition) is 6. The van der Waals surface area contributed by atoms with Gasteiger partial charge in [-0.1, -0.05) is 30.3 Å². The van der Waals surface area contributed by atoms with Gasteiger partial charge in [0, 0.05) is 30.2 Å². The van der Waals surface area contributed by atoms with E-state index in [4.69, 9.17) is 5.73 Å². The second-order valence-corrected chi connectivity index (χ2v) is 7.01. The van der Waals surface area contributed by atoms with Gasteiger partial charge in [0.25, 0.3) is 0 Å². The van der Waals surface area contributed by atoms with Gasteiger partial charge in [0.05, 0.1) is 22.6 Å². The van der Waals surface area contributed by atoms with Crippen molar-refractivity contribution < 1.29 is 0 Å². The molecule has 4 heterocycles. The molecule has 0 aliphatic rings. The van der Waals surface area contributed by atoms with E-state index in [0.29, 0.717) is 28.2 Å². The van der Waals surface area contributed by atoms with Crippen LogP contribution in [0.5, 0.6) is 0 Å². The van der Waals surface area contributed by atoms with E-state index in [-0.39, 0.29) is 17.4 Å². The van der Waals surface area contributed by atoms with Gasteiger partial charge in [-0.2, -0.15) is 0 Å². The van der Waals surface area contributed by atoms with E-state index < -0.39 is 0 Å². The Morgan fingerprint density at radius 2 is 1.87 bits per heavy atom. The Labute approximate surface area is 171 Å². The van der Waals surface area contributed by atoms with E-state index in [1.807, 2.05) is 28.7 Å². The van der Waals surface area contributed by atoms with E-state index in [1.54, 1.807) is 24.7 Å². The highest BCUT2D eigenvalue weighted by atomic mass is 16.1. The number of fused-ring (bicyclic) bond motifs is 3. The Kier molecular flexibility index (Phi) is 4.17. The molecule has 8 nitrogen and oxygen atoms in total. The largest absolute Gasteiger partial charge is 0.368 e. The number of anilines is 2. The number of hydrogen-bond donors (Lipinski definition) is 3. The molecule has 1 atom stereocenters. The van der Waals surface area contributed by atoms with Crippen LogP contribution in [0, 0.1) is 0 Å². The van der Waals surface area contributed by atoms with E-state index in [1.165, 1.54) is 6.07 Å².